The SMILES string of the molecule is CCOC(=O)[C@H](O)[C@H](NCc1ccccc1)c1ccc(C)cc1. The maximum Gasteiger partial charge on any atom is 0.336 e. The number of hydrogen-bond acceptors (Lipinski definition) is 4. The molecule has 4 nitrogen and oxygen atoms in total. The van der Waals surface area contributed by atoms with Crippen molar-refractivity contribution in [1.29, 1.82) is 0 Å². The highest BCUT2D eigenvalue weighted by Crippen LogP contribution is 2.20. The zero-order valence-electron chi connectivity index (χ0n) is 13.5. The number of esters is 1. The number of hydrogen-bond donors (Lipinski definition) is 2. The lowest BCUT2D eigenvalue weighted by Crippen LogP contribution is -2.38. The third kappa shape index (κ3) is 4.91. The van der Waals surface area contributed by atoms with Gasteiger partial charge >= 0.3 is 5.97 Å². The molecule has 0 radical (unpaired) electrons. The number of benzene rings is 2. The van der Waals surface area contributed by atoms with Gasteiger partial charge in [0, 0.05) is 6.54 Å². The molecule has 0 saturated heterocycles. The van der Waals surface area contributed by atoms with Gasteiger partial charge in [0.15, 0.2) is 6.10 Å². The molecule has 122 valence electrons. The molecule has 0 heterocycles. The number of carbonyl (C=O) groups excluding carboxylic acids is 1. The number of aliphatic hydroxyl groups excluding tert-OH is 1. The summed E-state index contributed by atoms with van der Waals surface area (Å²) in [6.07, 6.45) is -1.25. The molecule has 0 aliphatic rings. The Kier molecular flexibility index (Phi) is 6.32. The third-order valence-electron chi connectivity index (χ3n) is 3.65. The maximum atomic E-state index is 11.9. The van der Waals surface area contributed by atoms with Crippen molar-refractivity contribution in [3.05, 3.63) is 71.3 Å². The van der Waals surface area contributed by atoms with E-state index in [0.717, 1.165) is 16.7 Å². The van der Waals surface area contributed by atoms with Gasteiger partial charge in [0.2, 0.25) is 0 Å². The zero-order chi connectivity index (χ0) is 16.7. The molecule has 2 aromatic carbocycles. The van der Waals surface area contributed by atoms with E-state index in [4.69, 9.17) is 4.74 Å². The molecule has 23 heavy (non-hydrogen) atoms. The normalized spacial score (nSPS) is 13.3. The predicted octanol–water partition coefficient (Wildman–Crippen LogP) is 2.75. The lowest BCUT2D eigenvalue weighted by molar-refractivity contribution is -0.154. The van der Waals surface area contributed by atoms with E-state index >= 15 is 0 Å². The first-order valence-corrected chi connectivity index (χ1v) is 7.80. The van der Waals surface area contributed by atoms with Crippen LogP contribution in [0.5, 0.6) is 0 Å². The van der Waals surface area contributed by atoms with Crippen LogP contribution in [0.1, 0.15) is 29.7 Å². The van der Waals surface area contributed by atoms with E-state index in [-0.39, 0.29) is 6.61 Å². The van der Waals surface area contributed by atoms with Gasteiger partial charge in [0.05, 0.1) is 12.6 Å². The van der Waals surface area contributed by atoms with E-state index in [1.54, 1.807) is 6.92 Å². The minimum Gasteiger partial charge on any atom is -0.464 e. The Labute approximate surface area is 137 Å². The molecule has 0 saturated carbocycles. The highest BCUT2D eigenvalue weighted by Gasteiger charge is 2.28. The molecule has 0 spiro atoms. The standard InChI is InChI=1S/C19H23NO3/c1-3-23-19(22)18(21)17(16-11-9-14(2)10-12-16)20-13-15-7-5-4-6-8-15/h4-12,17-18,20-21H,3,13H2,1-2H3/t17-,18-/m1/s1. The van der Waals surface area contributed by atoms with Gasteiger partial charge in [-0.3, -0.25) is 0 Å². The van der Waals surface area contributed by atoms with Crippen molar-refractivity contribution < 1.29 is 14.6 Å². The predicted molar refractivity (Wildman–Crippen MR) is 89.8 cm³/mol. The van der Waals surface area contributed by atoms with E-state index < -0.39 is 18.1 Å². The van der Waals surface area contributed by atoms with Crippen LogP contribution < -0.4 is 5.32 Å². The molecular weight excluding hydrogens is 290 g/mol. The van der Waals surface area contributed by atoms with Crippen LogP contribution in [-0.4, -0.2) is 23.8 Å². The fourth-order valence-electron chi connectivity index (χ4n) is 2.37. The summed E-state index contributed by atoms with van der Waals surface area (Å²) in [6, 6.07) is 17.1. The fraction of sp³-hybridized carbons (Fsp3) is 0.316. The topological polar surface area (TPSA) is 58.6 Å². The average molecular weight is 313 g/mol. The molecule has 2 rings (SSSR count). The molecule has 2 N–H and O–H groups in total. The minimum atomic E-state index is -1.25. The minimum absolute atomic E-state index is 0.245. The lowest BCUT2D eigenvalue weighted by atomic mass is 9.99. The first kappa shape index (κ1) is 17.2. The summed E-state index contributed by atoms with van der Waals surface area (Å²) in [6.45, 7) is 4.52. The van der Waals surface area contributed by atoms with Crippen molar-refractivity contribution in [3.8, 4) is 0 Å². The Bertz CT molecular complexity index is 610. The van der Waals surface area contributed by atoms with E-state index in [0.29, 0.717) is 6.54 Å². The Hall–Kier alpha value is -2.17. The summed E-state index contributed by atoms with van der Waals surface area (Å²) in [5.41, 5.74) is 3.06. The molecule has 0 amide bonds. The van der Waals surface area contributed by atoms with Crippen molar-refractivity contribution in [1.82, 2.24) is 5.32 Å². The number of aliphatic hydroxyl groups is 1. The summed E-state index contributed by atoms with van der Waals surface area (Å²) in [5, 5.41) is 13.6. The Balaban J connectivity index is 2.16. The van der Waals surface area contributed by atoms with Crippen LogP contribution in [0.25, 0.3) is 0 Å². The van der Waals surface area contributed by atoms with Gasteiger partial charge in [-0.05, 0) is 25.0 Å². The molecule has 0 unspecified atom stereocenters. The van der Waals surface area contributed by atoms with E-state index in [1.807, 2.05) is 61.5 Å². The molecular formula is C19H23NO3. The van der Waals surface area contributed by atoms with Gasteiger partial charge in [-0.1, -0.05) is 60.2 Å². The largest absolute Gasteiger partial charge is 0.464 e. The molecule has 0 fully saturated rings. The van der Waals surface area contributed by atoms with Gasteiger partial charge in [-0.15, -0.1) is 0 Å². The van der Waals surface area contributed by atoms with Crippen molar-refractivity contribution >= 4 is 5.97 Å². The smallest absolute Gasteiger partial charge is 0.336 e. The van der Waals surface area contributed by atoms with Gasteiger partial charge in [0.1, 0.15) is 0 Å². The molecule has 0 aliphatic carbocycles. The van der Waals surface area contributed by atoms with Crippen LogP contribution in [0.3, 0.4) is 0 Å². The number of nitrogens with one attached hydrogen (secondary N) is 1. The molecule has 0 aromatic heterocycles. The van der Waals surface area contributed by atoms with E-state index in [1.165, 1.54) is 0 Å². The molecule has 0 bridgehead atoms. The molecule has 0 aliphatic heterocycles. The second kappa shape index (κ2) is 8.46. The molecule has 2 atom stereocenters. The third-order valence-corrected chi connectivity index (χ3v) is 3.65. The number of rotatable bonds is 7. The van der Waals surface area contributed by atoms with Crippen LogP contribution in [-0.2, 0) is 16.1 Å². The van der Waals surface area contributed by atoms with Crippen LogP contribution in [0.15, 0.2) is 54.6 Å². The van der Waals surface area contributed by atoms with Crippen LogP contribution >= 0.6 is 0 Å². The van der Waals surface area contributed by atoms with E-state index in [9.17, 15) is 9.90 Å². The summed E-state index contributed by atoms with van der Waals surface area (Å²) in [5.74, 6) is -0.612. The summed E-state index contributed by atoms with van der Waals surface area (Å²) < 4.78 is 4.95. The zero-order valence-corrected chi connectivity index (χ0v) is 13.5. The lowest BCUT2D eigenvalue weighted by Gasteiger charge is -2.23. The number of ether oxygens (including phenoxy) is 1. The average Bonchev–Trinajstić information content (AvgIpc) is 2.57. The van der Waals surface area contributed by atoms with Crippen molar-refractivity contribution in [3.63, 3.8) is 0 Å². The first-order chi connectivity index (χ1) is 11.1. The highest BCUT2D eigenvalue weighted by atomic mass is 16.5. The number of aryl methyl sites for hydroxylation is 1. The Morgan fingerprint density at radius 3 is 2.39 bits per heavy atom. The molecule has 4 heteroatoms. The van der Waals surface area contributed by atoms with E-state index in [2.05, 4.69) is 5.32 Å². The fourth-order valence-corrected chi connectivity index (χ4v) is 2.37. The Morgan fingerprint density at radius 2 is 1.78 bits per heavy atom. The summed E-state index contributed by atoms with van der Waals surface area (Å²) >= 11 is 0. The summed E-state index contributed by atoms with van der Waals surface area (Å²) in [7, 11) is 0. The molecule has 2 aromatic rings. The van der Waals surface area contributed by atoms with Crippen LogP contribution in [0.2, 0.25) is 0 Å². The van der Waals surface area contributed by atoms with Gasteiger partial charge in [-0.2, -0.15) is 0 Å². The van der Waals surface area contributed by atoms with Crippen molar-refractivity contribution in [2.24, 2.45) is 0 Å². The van der Waals surface area contributed by atoms with Crippen LogP contribution in [0, 0.1) is 6.92 Å². The quantitative estimate of drug-likeness (QED) is 0.772. The van der Waals surface area contributed by atoms with Crippen molar-refractivity contribution in [2.75, 3.05) is 6.61 Å². The maximum absolute atomic E-state index is 11.9. The second-order valence-corrected chi connectivity index (χ2v) is 5.45. The Morgan fingerprint density at radius 1 is 1.13 bits per heavy atom. The highest BCUT2D eigenvalue weighted by molar-refractivity contribution is 5.75. The first-order valence-electron chi connectivity index (χ1n) is 7.80. The van der Waals surface area contributed by atoms with Crippen molar-refractivity contribution in [2.45, 2.75) is 32.5 Å². The second-order valence-electron chi connectivity index (χ2n) is 5.45. The monoisotopic (exact) mass is 313 g/mol. The van der Waals surface area contributed by atoms with Gasteiger partial charge < -0.3 is 15.2 Å². The summed E-state index contributed by atoms with van der Waals surface area (Å²) in [4.78, 5) is 11.9. The van der Waals surface area contributed by atoms with Gasteiger partial charge in [0.25, 0.3) is 0 Å². The van der Waals surface area contributed by atoms with Crippen LogP contribution in [0.4, 0.5) is 0 Å². The van der Waals surface area contributed by atoms with Gasteiger partial charge in [-0.25, -0.2) is 4.79 Å². The number of carbonyl (C=O) groups is 1.